The van der Waals surface area contributed by atoms with Gasteiger partial charge in [0.15, 0.2) is 5.13 Å². The van der Waals surface area contributed by atoms with Crippen molar-refractivity contribution in [3.63, 3.8) is 0 Å². The minimum Gasteiger partial charge on any atom is -0.345 e. The van der Waals surface area contributed by atoms with E-state index in [1.165, 1.54) is 32.1 Å². The van der Waals surface area contributed by atoms with Crippen molar-refractivity contribution in [3.8, 4) is 0 Å². The zero-order valence-electron chi connectivity index (χ0n) is 10.7. The highest BCUT2D eigenvalue weighted by molar-refractivity contribution is 7.14. The summed E-state index contributed by atoms with van der Waals surface area (Å²) in [5, 5.41) is 3.69. The second kappa shape index (κ2) is 6.05. The van der Waals surface area contributed by atoms with Gasteiger partial charge in [-0.15, -0.1) is 11.3 Å². The fourth-order valence-corrected chi connectivity index (χ4v) is 3.47. The molecular formula is C13H21ClN2S. The second-order valence-corrected chi connectivity index (χ2v) is 6.49. The number of hydrogen-bond acceptors (Lipinski definition) is 3. The molecule has 96 valence electrons. The number of anilines is 1. The Labute approximate surface area is 113 Å². The first-order chi connectivity index (χ1) is 8.16. The normalized spacial score (nSPS) is 16.9. The van der Waals surface area contributed by atoms with E-state index in [0.717, 1.165) is 17.6 Å². The molecule has 4 heteroatoms. The third kappa shape index (κ3) is 3.59. The van der Waals surface area contributed by atoms with Gasteiger partial charge < -0.3 is 4.90 Å². The summed E-state index contributed by atoms with van der Waals surface area (Å²) < 4.78 is 0. The molecule has 1 saturated carbocycles. The summed E-state index contributed by atoms with van der Waals surface area (Å²) in [6.45, 7) is 5.68. The Morgan fingerprint density at radius 1 is 1.47 bits per heavy atom. The molecule has 1 aromatic heterocycles. The molecule has 1 heterocycles. The van der Waals surface area contributed by atoms with Gasteiger partial charge in [0.2, 0.25) is 0 Å². The zero-order valence-corrected chi connectivity index (χ0v) is 12.2. The van der Waals surface area contributed by atoms with Crippen LogP contribution in [0.4, 0.5) is 5.13 Å². The Morgan fingerprint density at radius 3 is 2.71 bits per heavy atom. The van der Waals surface area contributed by atoms with Crippen molar-refractivity contribution >= 4 is 28.1 Å². The van der Waals surface area contributed by atoms with Crippen LogP contribution in [0.1, 0.15) is 46.0 Å². The average molecular weight is 273 g/mol. The van der Waals surface area contributed by atoms with Gasteiger partial charge in [-0.3, -0.25) is 0 Å². The maximum atomic E-state index is 5.95. The summed E-state index contributed by atoms with van der Waals surface area (Å²) >= 11 is 7.63. The smallest absolute Gasteiger partial charge is 0.186 e. The molecular weight excluding hydrogens is 252 g/mol. The number of hydrogen-bond donors (Lipinski definition) is 0. The maximum absolute atomic E-state index is 5.95. The third-order valence-corrected chi connectivity index (χ3v) is 4.62. The molecule has 0 amide bonds. The molecule has 0 radical (unpaired) electrons. The largest absolute Gasteiger partial charge is 0.345 e. The van der Waals surface area contributed by atoms with Crippen molar-refractivity contribution in [2.24, 2.45) is 5.92 Å². The highest BCUT2D eigenvalue weighted by Crippen LogP contribution is 2.31. The summed E-state index contributed by atoms with van der Waals surface area (Å²) in [5.74, 6) is 0.745. The lowest BCUT2D eigenvalue weighted by atomic mass is 10.1. The Bertz CT molecular complexity index is 345. The molecule has 0 atom stereocenters. The van der Waals surface area contributed by atoms with Crippen molar-refractivity contribution in [2.45, 2.75) is 52.0 Å². The second-order valence-electron chi connectivity index (χ2n) is 5.27. The van der Waals surface area contributed by atoms with Crippen LogP contribution < -0.4 is 4.90 Å². The van der Waals surface area contributed by atoms with Gasteiger partial charge >= 0.3 is 0 Å². The van der Waals surface area contributed by atoms with Crippen LogP contribution in [0.15, 0.2) is 5.38 Å². The van der Waals surface area contributed by atoms with Crippen molar-refractivity contribution in [1.82, 2.24) is 4.98 Å². The first-order valence-electron chi connectivity index (χ1n) is 6.54. The van der Waals surface area contributed by atoms with Gasteiger partial charge in [-0.1, -0.05) is 38.3 Å². The summed E-state index contributed by atoms with van der Waals surface area (Å²) in [6.07, 6.45) is 6.59. The number of aromatic nitrogens is 1. The summed E-state index contributed by atoms with van der Waals surface area (Å²) in [4.78, 5) is 6.93. The maximum Gasteiger partial charge on any atom is 0.186 e. The molecule has 0 aromatic carbocycles. The van der Waals surface area contributed by atoms with E-state index >= 15 is 0 Å². The van der Waals surface area contributed by atoms with Crippen LogP contribution in [0.25, 0.3) is 0 Å². The van der Waals surface area contributed by atoms with Crippen LogP contribution in [0, 0.1) is 5.92 Å². The zero-order chi connectivity index (χ0) is 12.3. The summed E-state index contributed by atoms with van der Waals surface area (Å²) in [5.41, 5.74) is 0. The number of rotatable bonds is 5. The molecule has 1 fully saturated rings. The monoisotopic (exact) mass is 272 g/mol. The van der Waals surface area contributed by atoms with Crippen LogP contribution in [0.5, 0.6) is 0 Å². The minimum atomic E-state index is 0.637. The lowest BCUT2D eigenvalue weighted by Gasteiger charge is -2.29. The Hall–Kier alpha value is -0.280. The Kier molecular flexibility index (Phi) is 4.69. The predicted molar refractivity (Wildman–Crippen MR) is 76.2 cm³/mol. The quantitative estimate of drug-likeness (QED) is 0.779. The molecule has 0 spiro atoms. The van der Waals surface area contributed by atoms with Crippen LogP contribution in [0.2, 0.25) is 5.15 Å². The first-order valence-corrected chi connectivity index (χ1v) is 7.80. The Morgan fingerprint density at radius 2 is 2.18 bits per heavy atom. The summed E-state index contributed by atoms with van der Waals surface area (Å²) in [7, 11) is 0. The third-order valence-electron chi connectivity index (χ3n) is 3.42. The van der Waals surface area contributed by atoms with Crippen molar-refractivity contribution in [2.75, 3.05) is 11.4 Å². The Balaban J connectivity index is 2.05. The van der Waals surface area contributed by atoms with Gasteiger partial charge in [-0.05, 0) is 25.2 Å². The first kappa shape index (κ1) is 13.2. The highest BCUT2D eigenvalue weighted by Gasteiger charge is 2.24. The SMILES string of the molecule is CC(C)CCN(c1nc(Cl)cs1)C1CCCC1. The van der Waals surface area contributed by atoms with E-state index in [1.807, 2.05) is 5.38 Å². The number of thiazole rings is 1. The predicted octanol–water partition coefficient (Wildman–Crippen LogP) is 4.59. The van der Waals surface area contributed by atoms with Gasteiger partial charge in [-0.25, -0.2) is 4.98 Å². The van der Waals surface area contributed by atoms with Crippen molar-refractivity contribution < 1.29 is 0 Å². The van der Waals surface area contributed by atoms with Gasteiger partial charge in [0.1, 0.15) is 5.15 Å². The van der Waals surface area contributed by atoms with E-state index in [4.69, 9.17) is 11.6 Å². The van der Waals surface area contributed by atoms with E-state index < -0.39 is 0 Å². The number of halogens is 1. The molecule has 0 N–H and O–H groups in total. The van der Waals surface area contributed by atoms with Gasteiger partial charge in [0.05, 0.1) is 0 Å². The minimum absolute atomic E-state index is 0.637. The fraction of sp³-hybridized carbons (Fsp3) is 0.769. The molecule has 2 rings (SSSR count). The molecule has 0 unspecified atom stereocenters. The van der Waals surface area contributed by atoms with Crippen molar-refractivity contribution in [3.05, 3.63) is 10.5 Å². The van der Waals surface area contributed by atoms with Crippen molar-refractivity contribution in [1.29, 1.82) is 0 Å². The van der Waals surface area contributed by atoms with Gasteiger partial charge in [0.25, 0.3) is 0 Å². The molecule has 0 saturated heterocycles. The average Bonchev–Trinajstić information content (AvgIpc) is 2.90. The molecule has 1 aliphatic carbocycles. The van der Waals surface area contributed by atoms with Crippen LogP contribution >= 0.6 is 22.9 Å². The molecule has 2 nitrogen and oxygen atoms in total. The van der Waals surface area contributed by atoms with Crippen LogP contribution in [0.3, 0.4) is 0 Å². The molecule has 1 aliphatic rings. The van der Waals surface area contributed by atoms with Crippen LogP contribution in [-0.2, 0) is 0 Å². The van der Waals surface area contributed by atoms with E-state index in [-0.39, 0.29) is 0 Å². The van der Waals surface area contributed by atoms with E-state index in [2.05, 4.69) is 23.7 Å². The highest BCUT2D eigenvalue weighted by atomic mass is 35.5. The van der Waals surface area contributed by atoms with Crippen LogP contribution in [-0.4, -0.2) is 17.6 Å². The van der Waals surface area contributed by atoms with E-state index in [0.29, 0.717) is 11.2 Å². The molecule has 1 aromatic rings. The lowest BCUT2D eigenvalue weighted by Crippen LogP contribution is -2.34. The van der Waals surface area contributed by atoms with Gasteiger partial charge in [0, 0.05) is 18.0 Å². The topological polar surface area (TPSA) is 16.1 Å². The van der Waals surface area contributed by atoms with Gasteiger partial charge in [-0.2, -0.15) is 0 Å². The number of nitrogens with zero attached hydrogens (tertiary/aromatic N) is 2. The van der Waals surface area contributed by atoms with E-state index in [1.54, 1.807) is 11.3 Å². The lowest BCUT2D eigenvalue weighted by molar-refractivity contribution is 0.528. The fourth-order valence-electron chi connectivity index (χ4n) is 2.42. The summed E-state index contributed by atoms with van der Waals surface area (Å²) in [6, 6.07) is 0.691. The molecule has 0 bridgehead atoms. The molecule has 0 aliphatic heterocycles. The van der Waals surface area contributed by atoms with E-state index in [9.17, 15) is 0 Å². The standard InChI is InChI=1S/C13H21ClN2S/c1-10(2)7-8-16(11-5-3-4-6-11)13-15-12(14)9-17-13/h9-11H,3-8H2,1-2H3. The molecule has 17 heavy (non-hydrogen) atoms.